The summed E-state index contributed by atoms with van der Waals surface area (Å²) in [6, 6.07) is 5.14. The number of hydrogen-bond acceptors (Lipinski definition) is 3. The standard InChI is InChI=1S/C13H17BrN2O2/c1-13(2)6-10(13)8-15-7-9-4-3-5-11(12(9)14)16(17)18/h3-5,10,15H,6-8H2,1-2H3. The van der Waals surface area contributed by atoms with E-state index >= 15 is 0 Å². The van der Waals surface area contributed by atoms with E-state index in [1.165, 1.54) is 12.5 Å². The van der Waals surface area contributed by atoms with Crippen molar-refractivity contribution < 1.29 is 4.92 Å². The van der Waals surface area contributed by atoms with Gasteiger partial charge >= 0.3 is 0 Å². The molecule has 0 radical (unpaired) electrons. The molecule has 5 heteroatoms. The summed E-state index contributed by atoms with van der Waals surface area (Å²) in [5, 5.41) is 14.2. The molecule has 0 spiro atoms. The quantitative estimate of drug-likeness (QED) is 0.669. The van der Waals surface area contributed by atoms with E-state index in [-0.39, 0.29) is 10.6 Å². The van der Waals surface area contributed by atoms with Gasteiger partial charge < -0.3 is 5.32 Å². The Bertz CT molecular complexity index is 474. The van der Waals surface area contributed by atoms with Crippen molar-refractivity contribution in [3.8, 4) is 0 Å². The molecule has 1 aromatic carbocycles. The number of benzene rings is 1. The van der Waals surface area contributed by atoms with Crippen LogP contribution < -0.4 is 5.32 Å². The van der Waals surface area contributed by atoms with E-state index in [9.17, 15) is 10.1 Å². The van der Waals surface area contributed by atoms with Gasteiger partial charge in [-0.2, -0.15) is 0 Å². The highest BCUT2D eigenvalue weighted by Crippen LogP contribution is 2.51. The van der Waals surface area contributed by atoms with E-state index < -0.39 is 0 Å². The average molecular weight is 313 g/mol. The van der Waals surface area contributed by atoms with E-state index in [2.05, 4.69) is 35.1 Å². The van der Waals surface area contributed by atoms with Gasteiger partial charge in [-0.3, -0.25) is 10.1 Å². The van der Waals surface area contributed by atoms with E-state index in [0.29, 0.717) is 16.4 Å². The predicted octanol–water partition coefficient (Wildman–Crippen LogP) is 3.49. The Kier molecular flexibility index (Phi) is 3.73. The summed E-state index contributed by atoms with van der Waals surface area (Å²) in [4.78, 5) is 10.4. The first-order valence-corrected chi connectivity index (χ1v) is 6.83. The Morgan fingerprint density at radius 1 is 1.56 bits per heavy atom. The van der Waals surface area contributed by atoms with E-state index in [1.807, 2.05) is 6.07 Å². The van der Waals surface area contributed by atoms with Crippen LogP contribution in [0.25, 0.3) is 0 Å². The number of nitro benzene ring substituents is 1. The van der Waals surface area contributed by atoms with Crippen molar-refractivity contribution in [3.05, 3.63) is 38.3 Å². The Hall–Kier alpha value is -0.940. The molecule has 2 rings (SSSR count). The van der Waals surface area contributed by atoms with Crippen LogP contribution in [0.4, 0.5) is 5.69 Å². The lowest BCUT2D eigenvalue weighted by Crippen LogP contribution is -2.18. The molecule has 18 heavy (non-hydrogen) atoms. The maximum absolute atomic E-state index is 10.8. The molecule has 0 amide bonds. The maximum Gasteiger partial charge on any atom is 0.283 e. The second kappa shape index (κ2) is 4.97. The smallest absolute Gasteiger partial charge is 0.283 e. The van der Waals surface area contributed by atoms with E-state index in [1.54, 1.807) is 6.07 Å². The fraction of sp³-hybridized carbons (Fsp3) is 0.538. The van der Waals surface area contributed by atoms with Crippen molar-refractivity contribution in [2.24, 2.45) is 11.3 Å². The van der Waals surface area contributed by atoms with Crippen LogP contribution in [0.5, 0.6) is 0 Å². The highest BCUT2D eigenvalue weighted by molar-refractivity contribution is 9.10. The molecule has 1 unspecified atom stereocenters. The van der Waals surface area contributed by atoms with E-state index in [0.717, 1.165) is 18.0 Å². The molecule has 1 aliphatic rings. The van der Waals surface area contributed by atoms with Gasteiger partial charge in [0.25, 0.3) is 5.69 Å². The molecule has 1 N–H and O–H groups in total. The molecule has 1 fully saturated rings. The third kappa shape index (κ3) is 2.90. The first-order chi connectivity index (χ1) is 8.42. The van der Waals surface area contributed by atoms with Crippen molar-refractivity contribution in [2.75, 3.05) is 6.54 Å². The average Bonchev–Trinajstić information content (AvgIpc) is 2.88. The largest absolute Gasteiger partial charge is 0.312 e. The summed E-state index contributed by atoms with van der Waals surface area (Å²) in [5.41, 5.74) is 1.52. The number of nitrogens with zero attached hydrogens (tertiary/aromatic N) is 1. The summed E-state index contributed by atoms with van der Waals surface area (Å²) >= 11 is 3.31. The Labute approximate surface area is 115 Å². The summed E-state index contributed by atoms with van der Waals surface area (Å²) < 4.78 is 0.581. The predicted molar refractivity (Wildman–Crippen MR) is 74.4 cm³/mol. The topological polar surface area (TPSA) is 55.2 Å². The molecular formula is C13H17BrN2O2. The van der Waals surface area contributed by atoms with Crippen LogP contribution in [-0.4, -0.2) is 11.5 Å². The van der Waals surface area contributed by atoms with Gasteiger partial charge in [-0.1, -0.05) is 26.0 Å². The molecule has 0 saturated heterocycles. The number of hydrogen-bond donors (Lipinski definition) is 1. The van der Waals surface area contributed by atoms with Crippen molar-refractivity contribution in [2.45, 2.75) is 26.8 Å². The van der Waals surface area contributed by atoms with Gasteiger partial charge in [0.05, 0.1) is 9.40 Å². The van der Waals surface area contributed by atoms with Crippen molar-refractivity contribution in [1.29, 1.82) is 0 Å². The Balaban J connectivity index is 1.93. The minimum absolute atomic E-state index is 0.126. The number of halogens is 1. The SMILES string of the molecule is CC1(C)CC1CNCc1cccc([N+](=O)[O-])c1Br. The summed E-state index contributed by atoms with van der Waals surface area (Å²) in [6.07, 6.45) is 1.26. The minimum Gasteiger partial charge on any atom is -0.312 e. The van der Waals surface area contributed by atoms with Gasteiger partial charge in [0.2, 0.25) is 0 Å². The highest BCUT2D eigenvalue weighted by atomic mass is 79.9. The third-order valence-electron chi connectivity index (χ3n) is 3.68. The molecule has 1 aliphatic carbocycles. The van der Waals surface area contributed by atoms with E-state index in [4.69, 9.17) is 0 Å². The first kappa shape index (κ1) is 13.5. The molecule has 0 aromatic heterocycles. The lowest BCUT2D eigenvalue weighted by Gasteiger charge is -2.08. The Morgan fingerprint density at radius 3 is 2.78 bits per heavy atom. The molecule has 0 heterocycles. The molecule has 1 saturated carbocycles. The summed E-state index contributed by atoms with van der Waals surface area (Å²) in [7, 11) is 0. The minimum atomic E-state index is -0.364. The van der Waals surface area contributed by atoms with Crippen LogP contribution in [0, 0.1) is 21.4 Å². The van der Waals surface area contributed by atoms with Gasteiger partial charge in [-0.05, 0) is 45.8 Å². The zero-order chi connectivity index (χ0) is 13.3. The van der Waals surface area contributed by atoms with Crippen LogP contribution in [0.2, 0.25) is 0 Å². The fourth-order valence-corrected chi connectivity index (χ4v) is 2.70. The van der Waals surface area contributed by atoms with Crippen LogP contribution in [0.1, 0.15) is 25.8 Å². The fourth-order valence-electron chi connectivity index (χ4n) is 2.15. The highest BCUT2D eigenvalue weighted by Gasteiger charge is 2.44. The van der Waals surface area contributed by atoms with Crippen molar-refractivity contribution in [3.63, 3.8) is 0 Å². The first-order valence-electron chi connectivity index (χ1n) is 6.04. The molecule has 1 atom stereocenters. The van der Waals surface area contributed by atoms with Crippen LogP contribution in [-0.2, 0) is 6.54 Å². The van der Waals surface area contributed by atoms with Gasteiger partial charge in [-0.25, -0.2) is 0 Å². The monoisotopic (exact) mass is 312 g/mol. The molecule has 1 aromatic rings. The summed E-state index contributed by atoms with van der Waals surface area (Å²) in [6.45, 7) is 6.17. The van der Waals surface area contributed by atoms with Crippen LogP contribution in [0.3, 0.4) is 0 Å². The van der Waals surface area contributed by atoms with Crippen LogP contribution >= 0.6 is 15.9 Å². The zero-order valence-corrected chi connectivity index (χ0v) is 12.2. The Morgan fingerprint density at radius 2 is 2.22 bits per heavy atom. The normalized spacial score (nSPS) is 20.7. The van der Waals surface area contributed by atoms with Gasteiger partial charge in [0.15, 0.2) is 0 Å². The number of nitrogens with one attached hydrogen (secondary N) is 1. The molecule has 98 valence electrons. The third-order valence-corrected chi connectivity index (χ3v) is 4.59. The second-order valence-corrected chi connectivity index (χ2v) is 6.32. The van der Waals surface area contributed by atoms with Crippen molar-refractivity contribution in [1.82, 2.24) is 5.32 Å². The molecule has 0 aliphatic heterocycles. The van der Waals surface area contributed by atoms with Gasteiger partial charge in [0.1, 0.15) is 0 Å². The lowest BCUT2D eigenvalue weighted by molar-refractivity contribution is -0.385. The number of rotatable bonds is 5. The number of nitro groups is 1. The van der Waals surface area contributed by atoms with Crippen LogP contribution in [0.15, 0.2) is 22.7 Å². The second-order valence-electron chi connectivity index (χ2n) is 5.53. The molecular weight excluding hydrogens is 296 g/mol. The molecule has 0 bridgehead atoms. The van der Waals surface area contributed by atoms with Crippen molar-refractivity contribution >= 4 is 21.6 Å². The molecule has 4 nitrogen and oxygen atoms in total. The lowest BCUT2D eigenvalue weighted by atomic mass is 10.1. The summed E-state index contributed by atoms with van der Waals surface area (Å²) in [5.74, 6) is 0.731. The van der Waals surface area contributed by atoms with Gasteiger partial charge in [0, 0.05) is 12.6 Å². The zero-order valence-electron chi connectivity index (χ0n) is 10.6. The maximum atomic E-state index is 10.8. The van der Waals surface area contributed by atoms with Gasteiger partial charge in [-0.15, -0.1) is 0 Å².